The Bertz CT molecular complexity index is 130. The third kappa shape index (κ3) is 5.04. The molecule has 0 saturated carbocycles. The third-order valence-electron chi connectivity index (χ3n) is 0.577. The van der Waals surface area contributed by atoms with Crippen LogP contribution in [0.2, 0.25) is 0 Å². The number of rotatable bonds is 4. The predicted molar refractivity (Wildman–Crippen MR) is 29.9 cm³/mol. The van der Waals surface area contributed by atoms with E-state index in [2.05, 4.69) is 16.6 Å². The lowest BCUT2D eigenvalue weighted by molar-refractivity contribution is -0.157. The van der Waals surface area contributed by atoms with Crippen LogP contribution in [-0.2, 0) is 19.1 Å². The third-order valence-corrected chi connectivity index (χ3v) is 0.577. The molecule has 10 heavy (non-hydrogen) atoms. The van der Waals surface area contributed by atoms with Gasteiger partial charge in [-0.05, 0) is 0 Å². The monoisotopic (exact) mass is 147 g/mol. The highest BCUT2D eigenvalue weighted by Crippen LogP contribution is 1.79. The minimum Gasteiger partial charge on any atom is -0.547 e. The lowest BCUT2D eigenvalue weighted by Gasteiger charge is -2.02. The number of hydrogen-bond donors (Lipinski definition) is 1. The van der Waals surface area contributed by atoms with E-state index in [9.17, 15) is 9.59 Å². The van der Waals surface area contributed by atoms with E-state index in [0.717, 1.165) is 0 Å². The van der Waals surface area contributed by atoms with Crippen molar-refractivity contribution < 1.29 is 24.2 Å². The molecule has 0 heterocycles. The molecule has 0 spiro atoms. The minimum absolute atomic E-state index is 0.326. The topological polar surface area (TPSA) is 72.8 Å². The maximum atomic E-state index is 10.3. The summed E-state index contributed by atoms with van der Waals surface area (Å²) in [5, 5.41) is 8.00. The van der Waals surface area contributed by atoms with Gasteiger partial charge in [-0.25, -0.2) is 16.7 Å². The standard InChI is InChI=1S/C5H7O5/c1-9-3-5(8)10-2-4(6)7/h1-3H2,(H,6,7)/q-1. The molecule has 0 aromatic carbocycles. The summed E-state index contributed by atoms with van der Waals surface area (Å²) in [6.07, 6.45) is 0. The fourth-order valence-electron chi connectivity index (χ4n) is 0.267. The van der Waals surface area contributed by atoms with Gasteiger partial charge >= 0.3 is 11.9 Å². The van der Waals surface area contributed by atoms with E-state index in [0.29, 0.717) is 0 Å². The summed E-state index contributed by atoms with van der Waals surface area (Å²) in [6, 6.07) is 0. The normalized spacial score (nSPS) is 8.90. The number of carbonyl (C=O) groups is 2. The van der Waals surface area contributed by atoms with Gasteiger partial charge in [0.1, 0.15) is 6.61 Å². The molecule has 0 rings (SSSR count). The van der Waals surface area contributed by atoms with Gasteiger partial charge in [-0.2, -0.15) is 0 Å². The highest BCUT2D eigenvalue weighted by molar-refractivity contribution is 5.75. The second-order valence-corrected chi connectivity index (χ2v) is 1.40. The quantitative estimate of drug-likeness (QED) is 0.425. The first-order valence-electron chi connectivity index (χ1n) is 2.41. The van der Waals surface area contributed by atoms with Crippen LogP contribution in [0, 0.1) is 7.11 Å². The zero-order valence-corrected chi connectivity index (χ0v) is 5.20. The molecule has 0 amide bonds. The summed E-state index contributed by atoms with van der Waals surface area (Å²) in [5.74, 6) is -1.94. The number of ether oxygens (including phenoxy) is 2. The SMILES string of the molecule is [CH2-]OCC(=O)OCC(=O)O. The van der Waals surface area contributed by atoms with E-state index in [1.807, 2.05) is 0 Å². The van der Waals surface area contributed by atoms with Crippen LogP contribution in [0.1, 0.15) is 0 Å². The average Bonchev–Trinajstić information content (AvgIpc) is 1.85. The first-order chi connectivity index (χ1) is 4.66. The maximum Gasteiger partial charge on any atom is 0.341 e. The van der Waals surface area contributed by atoms with Gasteiger partial charge in [-0.1, -0.05) is 0 Å². The van der Waals surface area contributed by atoms with E-state index < -0.39 is 18.5 Å². The highest BCUT2D eigenvalue weighted by Gasteiger charge is 2.02. The Morgan fingerprint density at radius 1 is 1.40 bits per heavy atom. The number of carboxylic acids is 1. The fraction of sp³-hybridized carbons (Fsp3) is 0.400. The zero-order chi connectivity index (χ0) is 7.98. The van der Waals surface area contributed by atoms with E-state index in [4.69, 9.17) is 5.11 Å². The molecule has 0 saturated heterocycles. The first kappa shape index (κ1) is 8.90. The summed E-state index contributed by atoms with van der Waals surface area (Å²) in [6.45, 7) is -0.963. The fourth-order valence-corrected chi connectivity index (χ4v) is 0.267. The Hall–Kier alpha value is -1.10. The van der Waals surface area contributed by atoms with Crippen LogP contribution in [0.3, 0.4) is 0 Å². The minimum atomic E-state index is -1.20. The molecule has 0 radical (unpaired) electrons. The van der Waals surface area contributed by atoms with Crippen molar-refractivity contribution in [3.63, 3.8) is 0 Å². The molecule has 0 aromatic heterocycles. The van der Waals surface area contributed by atoms with Crippen molar-refractivity contribution in [1.82, 2.24) is 0 Å². The second-order valence-electron chi connectivity index (χ2n) is 1.40. The van der Waals surface area contributed by atoms with Crippen molar-refractivity contribution in [1.29, 1.82) is 0 Å². The molecule has 1 N–H and O–H groups in total. The number of carbonyl (C=O) groups excluding carboxylic acids is 1. The Labute approximate surface area is 57.5 Å². The largest absolute Gasteiger partial charge is 0.547 e. The summed E-state index contributed by atoms with van der Waals surface area (Å²) < 4.78 is 8.26. The van der Waals surface area contributed by atoms with Crippen LogP contribution >= 0.6 is 0 Å². The molecule has 0 aliphatic rings. The first-order valence-corrected chi connectivity index (χ1v) is 2.41. The molecule has 0 unspecified atom stereocenters. The zero-order valence-electron chi connectivity index (χ0n) is 5.20. The number of aliphatic carboxylic acids is 1. The number of carboxylic acid groups (broad SMARTS) is 1. The van der Waals surface area contributed by atoms with Gasteiger partial charge in [-0.15, -0.1) is 0 Å². The van der Waals surface area contributed by atoms with Crippen LogP contribution in [0.15, 0.2) is 0 Å². The van der Waals surface area contributed by atoms with Gasteiger partial charge in [0, 0.05) is 0 Å². The van der Waals surface area contributed by atoms with Gasteiger partial charge in [0.05, 0.1) is 0 Å². The van der Waals surface area contributed by atoms with Crippen molar-refractivity contribution in [2.24, 2.45) is 0 Å². The Balaban J connectivity index is 3.30. The van der Waals surface area contributed by atoms with E-state index in [1.165, 1.54) is 0 Å². The molecular weight excluding hydrogens is 140 g/mol. The van der Waals surface area contributed by atoms with E-state index in [-0.39, 0.29) is 6.61 Å². The number of esters is 1. The molecule has 0 aromatic rings. The summed E-state index contributed by atoms with van der Waals surface area (Å²) in [4.78, 5) is 20.1. The molecule has 5 nitrogen and oxygen atoms in total. The summed E-state index contributed by atoms with van der Waals surface area (Å²) in [7, 11) is 2.90. The van der Waals surface area contributed by atoms with Gasteiger partial charge in [0.15, 0.2) is 6.61 Å². The highest BCUT2D eigenvalue weighted by atomic mass is 16.6. The molecule has 0 fully saturated rings. The second kappa shape index (κ2) is 4.75. The van der Waals surface area contributed by atoms with E-state index >= 15 is 0 Å². The maximum absolute atomic E-state index is 10.3. The van der Waals surface area contributed by atoms with Gasteiger partial charge in [-0.3, -0.25) is 0 Å². The Morgan fingerprint density at radius 2 is 2.00 bits per heavy atom. The summed E-state index contributed by atoms with van der Waals surface area (Å²) >= 11 is 0. The van der Waals surface area contributed by atoms with Crippen LogP contribution < -0.4 is 0 Å². The van der Waals surface area contributed by atoms with Crippen LogP contribution in [0.5, 0.6) is 0 Å². The van der Waals surface area contributed by atoms with Crippen LogP contribution in [0.4, 0.5) is 0 Å². The van der Waals surface area contributed by atoms with Crippen molar-refractivity contribution >= 4 is 11.9 Å². The van der Waals surface area contributed by atoms with E-state index in [1.54, 1.807) is 0 Å². The van der Waals surface area contributed by atoms with Crippen molar-refractivity contribution in [2.75, 3.05) is 13.2 Å². The van der Waals surface area contributed by atoms with Crippen LogP contribution in [0.25, 0.3) is 0 Å². The van der Waals surface area contributed by atoms with Crippen molar-refractivity contribution in [3.05, 3.63) is 7.11 Å². The van der Waals surface area contributed by atoms with Crippen molar-refractivity contribution in [2.45, 2.75) is 0 Å². The average molecular weight is 147 g/mol. The number of hydrogen-bond acceptors (Lipinski definition) is 4. The van der Waals surface area contributed by atoms with Gasteiger partial charge < -0.3 is 14.6 Å². The van der Waals surface area contributed by atoms with Gasteiger partial charge in [0.2, 0.25) is 0 Å². The predicted octanol–water partition coefficient (Wildman–Crippen LogP) is -0.578. The molecule has 0 aliphatic carbocycles. The smallest absolute Gasteiger partial charge is 0.341 e. The molecule has 0 aliphatic heterocycles. The van der Waals surface area contributed by atoms with Crippen molar-refractivity contribution in [3.8, 4) is 0 Å². The lowest BCUT2D eigenvalue weighted by Crippen LogP contribution is -2.16. The molecule has 0 bridgehead atoms. The van der Waals surface area contributed by atoms with Crippen LogP contribution in [-0.4, -0.2) is 30.3 Å². The Morgan fingerprint density at radius 3 is 2.40 bits per heavy atom. The Kier molecular flexibility index (Phi) is 4.23. The van der Waals surface area contributed by atoms with Gasteiger partial charge in [0.25, 0.3) is 0 Å². The molecule has 0 atom stereocenters. The molecule has 5 heteroatoms. The molecular formula is C5H7O5-. The lowest BCUT2D eigenvalue weighted by atomic mass is 10.7. The summed E-state index contributed by atoms with van der Waals surface area (Å²) in [5.41, 5.74) is 0. The molecule has 58 valence electrons.